The van der Waals surface area contributed by atoms with Gasteiger partial charge in [0.15, 0.2) is 11.3 Å². The Morgan fingerprint density at radius 1 is 1.29 bits per heavy atom. The Hall–Kier alpha value is -2.98. The first-order valence-corrected chi connectivity index (χ1v) is 9.81. The molecule has 0 aliphatic rings. The Morgan fingerprint density at radius 2 is 1.97 bits per heavy atom. The summed E-state index contributed by atoms with van der Waals surface area (Å²) < 4.78 is 50.0. The largest absolute Gasteiger partial charge is 0.493 e. The maximum absolute atomic E-state index is 13.1. The molecular formula is C20H26F3N3O5. The Bertz CT molecular complexity index is 929. The molecule has 0 bridgehead atoms. The van der Waals surface area contributed by atoms with Gasteiger partial charge >= 0.3 is 18.2 Å². The number of carboxylic acids is 1. The highest BCUT2D eigenvalue weighted by molar-refractivity contribution is 5.85. The number of alkyl halides is 3. The minimum absolute atomic E-state index is 0.0586. The fourth-order valence-electron chi connectivity index (χ4n) is 3.05. The molecule has 1 N–H and O–H groups in total. The van der Waals surface area contributed by atoms with Crippen LogP contribution in [0.2, 0.25) is 0 Å². The molecule has 0 spiro atoms. The molecule has 0 saturated carbocycles. The number of carbonyl (C=O) groups is 2. The number of carboxylic acid groups (broad SMARTS) is 1. The van der Waals surface area contributed by atoms with Crippen LogP contribution in [0, 0.1) is 0 Å². The number of likely N-dealkylation sites (N-methyl/N-ethyl adjacent to an activating group) is 1. The summed E-state index contributed by atoms with van der Waals surface area (Å²) >= 11 is 0. The number of nitrogens with zero attached hydrogens (tertiary/aromatic N) is 3. The summed E-state index contributed by atoms with van der Waals surface area (Å²) in [5.41, 5.74) is -0.489. The zero-order chi connectivity index (χ0) is 23.3. The highest BCUT2D eigenvalue weighted by Gasteiger charge is 2.37. The van der Waals surface area contributed by atoms with Gasteiger partial charge in [-0.2, -0.15) is 13.2 Å². The second-order valence-corrected chi connectivity index (χ2v) is 7.23. The number of aliphatic carboxylic acids is 1. The van der Waals surface area contributed by atoms with E-state index in [9.17, 15) is 22.8 Å². The zero-order valence-electron chi connectivity index (χ0n) is 17.8. The molecule has 1 aromatic carbocycles. The highest BCUT2D eigenvalue weighted by atomic mass is 19.4. The van der Waals surface area contributed by atoms with E-state index in [1.165, 1.54) is 31.0 Å². The van der Waals surface area contributed by atoms with Crippen LogP contribution in [0.15, 0.2) is 16.7 Å². The lowest BCUT2D eigenvalue weighted by Crippen LogP contribution is -2.46. The molecule has 1 atom stereocenters. The summed E-state index contributed by atoms with van der Waals surface area (Å²) in [6.45, 7) is 3.81. The summed E-state index contributed by atoms with van der Waals surface area (Å²) in [4.78, 5) is 25.8. The standard InChI is InChI=1S/C20H26F3N3O5/c1-5-7-13-15(9-8-14-16(13)31-24-17(14)20(21,22)23)30-11-6-10-25(3)19(29)26(4)12(2)18(27)28/h8-9,12H,5-7,10-11H2,1-4H3,(H,27,28). The van der Waals surface area contributed by atoms with Gasteiger partial charge in [0.2, 0.25) is 0 Å². The SMILES string of the molecule is CCCc1c(OCCCN(C)C(=O)N(C)C(C)C(=O)O)ccc2c(C(F)(F)F)noc12. The average molecular weight is 445 g/mol. The lowest BCUT2D eigenvalue weighted by molar-refractivity contribution is -0.142. The zero-order valence-corrected chi connectivity index (χ0v) is 17.8. The number of hydrogen-bond acceptors (Lipinski definition) is 5. The Kier molecular flexibility index (Phi) is 7.75. The molecular weight excluding hydrogens is 419 g/mol. The van der Waals surface area contributed by atoms with Crippen molar-refractivity contribution in [2.75, 3.05) is 27.2 Å². The summed E-state index contributed by atoms with van der Waals surface area (Å²) in [6.07, 6.45) is -3.05. The van der Waals surface area contributed by atoms with Crippen molar-refractivity contribution in [2.45, 2.75) is 45.3 Å². The van der Waals surface area contributed by atoms with Crippen molar-refractivity contribution in [1.82, 2.24) is 15.0 Å². The first-order chi connectivity index (χ1) is 14.5. The Labute approximate surface area is 177 Å². The molecule has 0 radical (unpaired) electrons. The van der Waals surface area contributed by atoms with Gasteiger partial charge in [0, 0.05) is 26.2 Å². The van der Waals surface area contributed by atoms with E-state index in [-0.39, 0.29) is 17.6 Å². The van der Waals surface area contributed by atoms with E-state index in [4.69, 9.17) is 14.4 Å². The van der Waals surface area contributed by atoms with Crippen LogP contribution >= 0.6 is 0 Å². The molecule has 8 nitrogen and oxygen atoms in total. The van der Waals surface area contributed by atoms with Crippen LogP contribution in [0.4, 0.5) is 18.0 Å². The molecule has 1 unspecified atom stereocenters. The number of fused-ring (bicyclic) bond motifs is 1. The van der Waals surface area contributed by atoms with E-state index in [2.05, 4.69) is 5.16 Å². The monoisotopic (exact) mass is 445 g/mol. The molecule has 11 heteroatoms. The minimum Gasteiger partial charge on any atom is -0.493 e. The van der Waals surface area contributed by atoms with Crippen molar-refractivity contribution in [2.24, 2.45) is 0 Å². The number of aromatic nitrogens is 1. The van der Waals surface area contributed by atoms with Gasteiger partial charge < -0.3 is 24.2 Å². The molecule has 0 fully saturated rings. The van der Waals surface area contributed by atoms with Gasteiger partial charge in [0.05, 0.1) is 12.0 Å². The van der Waals surface area contributed by atoms with Crippen molar-refractivity contribution < 1.29 is 37.1 Å². The number of rotatable bonds is 9. The van der Waals surface area contributed by atoms with Crippen molar-refractivity contribution >= 4 is 23.0 Å². The van der Waals surface area contributed by atoms with E-state index >= 15 is 0 Å². The predicted octanol–water partition coefficient (Wildman–Crippen LogP) is 4.02. The number of amides is 2. The van der Waals surface area contributed by atoms with Crippen LogP contribution in [0.5, 0.6) is 5.75 Å². The van der Waals surface area contributed by atoms with Crippen molar-refractivity contribution in [3.63, 3.8) is 0 Å². The van der Waals surface area contributed by atoms with E-state index < -0.39 is 29.9 Å². The summed E-state index contributed by atoms with van der Waals surface area (Å²) in [6, 6.07) is 1.35. The molecule has 172 valence electrons. The maximum Gasteiger partial charge on any atom is 0.437 e. The first kappa shape index (κ1) is 24.3. The molecule has 2 amide bonds. The first-order valence-electron chi connectivity index (χ1n) is 9.81. The van der Waals surface area contributed by atoms with Gasteiger partial charge in [-0.1, -0.05) is 18.5 Å². The van der Waals surface area contributed by atoms with Crippen molar-refractivity contribution in [1.29, 1.82) is 0 Å². The smallest absolute Gasteiger partial charge is 0.437 e. The van der Waals surface area contributed by atoms with Crippen LogP contribution in [-0.2, 0) is 17.4 Å². The fourth-order valence-corrected chi connectivity index (χ4v) is 3.05. The number of halogens is 3. The Morgan fingerprint density at radius 3 is 2.55 bits per heavy atom. The third-order valence-corrected chi connectivity index (χ3v) is 4.93. The third-order valence-electron chi connectivity index (χ3n) is 4.93. The van der Waals surface area contributed by atoms with Crippen LogP contribution in [-0.4, -0.2) is 65.4 Å². The van der Waals surface area contributed by atoms with Gasteiger partial charge in [-0.15, -0.1) is 0 Å². The van der Waals surface area contributed by atoms with Crippen LogP contribution < -0.4 is 4.74 Å². The van der Waals surface area contributed by atoms with Crippen molar-refractivity contribution in [3.05, 3.63) is 23.4 Å². The molecule has 0 saturated heterocycles. The third kappa shape index (κ3) is 5.59. The van der Waals surface area contributed by atoms with Crippen LogP contribution in [0.1, 0.15) is 37.9 Å². The Balaban J connectivity index is 2.03. The summed E-state index contributed by atoms with van der Waals surface area (Å²) in [5.74, 6) is -0.697. The normalized spacial score (nSPS) is 12.6. The summed E-state index contributed by atoms with van der Waals surface area (Å²) in [7, 11) is 2.96. The van der Waals surface area contributed by atoms with E-state index in [0.29, 0.717) is 37.1 Å². The number of benzene rings is 1. The van der Waals surface area contributed by atoms with E-state index in [0.717, 1.165) is 4.90 Å². The van der Waals surface area contributed by atoms with Gasteiger partial charge in [-0.3, -0.25) is 0 Å². The molecule has 0 aliphatic carbocycles. The number of hydrogen-bond donors (Lipinski definition) is 1. The van der Waals surface area contributed by atoms with Gasteiger partial charge in [-0.25, -0.2) is 9.59 Å². The van der Waals surface area contributed by atoms with Gasteiger partial charge in [0.25, 0.3) is 0 Å². The lowest BCUT2D eigenvalue weighted by atomic mass is 10.0. The molecule has 2 aromatic rings. The van der Waals surface area contributed by atoms with Gasteiger partial charge in [-0.05, 0) is 31.9 Å². The van der Waals surface area contributed by atoms with E-state index in [1.54, 1.807) is 7.05 Å². The molecule has 31 heavy (non-hydrogen) atoms. The van der Waals surface area contributed by atoms with Crippen LogP contribution in [0.3, 0.4) is 0 Å². The maximum atomic E-state index is 13.1. The second kappa shape index (κ2) is 9.88. The van der Waals surface area contributed by atoms with E-state index in [1.807, 2.05) is 6.92 Å². The molecule has 1 heterocycles. The summed E-state index contributed by atoms with van der Waals surface area (Å²) in [5, 5.41) is 12.1. The minimum atomic E-state index is -4.61. The molecule has 2 rings (SSSR count). The predicted molar refractivity (Wildman–Crippen MR) is 106 cm³/mol. The number of aryl methyl sites for hydroxylation is 1. The quantitative estimate of drug-likeness (QED) is 0.586. The lowest BCUT2D eigenvalue weighted by Gasteiger charge is -2.27. The average Bonchev–Trinajstić information content (AvgIpc) is 3.15. The topological polar surface area (TPSA) is 96.1 Å². The van der Waals surface area contributed by atoms with Crippen molar-refractivity contribution in [3.8, 4) is 5.75 Å². The van der Waals surface area contributed by atoms with Gasteiger partial charge in [0.1, 0.15) is 11.8 Å². The number of ether oxygens (including phenoxy) is 1. The number of carbonyl (C=O) groups excluding carboxylic acids is 1. The molecule has 0 aliphatic heterocycles. The highest BCUT2D eigenvalue weighted by Crippen LogP contribution is 2.38. The fraction of sp³-hybridized carbons (Fsp3) is 0.550. The number of urea groups is 1. The molecule has 1 aromatic heterocycles. The van der Waals surface area contributed by atoms with Crippen LogP contribution in [0.25, 0.3) is 11.0 Å². The second-order valence-electron chi connectivity index (χ2n) is 7.23.